The highest BCUT2D eigenvalue weighted by molar-refractivity contribution is 5.93. The summed E-state index contributed by atoms with van der Waals surface area (Å²) in [4.78, 5) is 15.2. The van der Waals surface area contributed by atoms with Gasteiger partial charge in [-0.2, -0.15) is 5.10 Å². The summed E-state index contributed by atoms with van der Waals surface area (Å²) in [5, 5.41) is 10.0. The van der Waals surface area contributed by atoms with Crippen molar-refractivity contribution in [3.05, 3.63) is 60.2 Å². The Labute approximate surface area is 188 Å². The van der Waals surface area contributed by atoms with Crippen molar-refractivity contribution >= 4 is 11.6 Å². The quantitative estimate of drug-likeness (QED) is 0.584. The zero-order valence-electron chi connectivity index (χ0n) is 18.3. The standard InChI is InChI=1S/C25H30N4O3/c30-25(27-20-5-3-4-19(16-20)22-9-12-26-28-22)18-10-13-29(14-11-18)17-21-7-8-24(32-21)23-6-1-2-15-31-23/h3-5,7-9,12,16,18,23H,1-2,6,10-11,13-15,17H2,(H,26,28)(H,27,30)/t23-/m1/s1. The highest BCUT2D eigenvalue weighted by Crippen LogP contribution is 2.30. The fraction of sp³-hybridized carbons (Fsp3) is 0.440. The third-order valence-electron chi connectivity index (χ3n) is 6.46. The molecule has 2 N–H and O–H groups in total. The molecule has 1 amide bonds. The summed E-state index contributed by atoms with van der Waals surface area (Å²) in [7, 11) is 0. The zero-order chi connectivity index (χ0) is 21.8. The van der Waals surface area contributed by atoms with Gasteiger partial charge in [0.2, 0.25) is 5.91 Å². The number of aromatic nitrogens is 2. The molecule has 2 aliphatic rings. The van der Waals surface area contributed by atoms with Crippen LogP contribution in [0.25, 0.3) is 11.3 Å². The number of hydrogen-bond acceptors (Lipinski definition) is 5. The van der Waals surface area contributed by atoms with Gasteiger partial charge in [0.05, 0.1) is 12.2 Å². The molecular weight excluding hydrogens is 404 g/mol. The maximum atomic E-state index is 12.8. The van der Waals surface area contributed by atoms with E-state index in [0.29, 0.717) is 0 Å². The Hall–Kier alpha value is -2.90. The van der Waals surface area contributed by atoms with Crippen molar-refractivity contribution in [1.29, 1.82) is 0 Å². The fourth-order valence-electron chi connectivity index (χ4n) is 4.62. The molecule has 7 nitrogen and oxygen atoms in total. The Morgan fingerprint density at radius 3 is 2.81 bits per heavy atom. The molecule has 0 spiro atoms. The number of piperidine rings is 1. The number of likely N-dealkylation sites (tertiary alicyclic amines) is 1. The number of ether oxygens (including phenoxy) is 1. The van der Waals surface area contributed by atoms with Crippen LogP contribution in [0.5, 0.6) is 0 Å². The van der Waals surface area contributed by atoms with Gasteiger partial charge in [-0.05, 0) is 75.5 Å². The number of H-pyrrole nitrogens is 1. The maximum Gasteiger partial charge on any atom is 0.227 e. The smallest absolute Gasteiger partial charge is 0.227 e. The molecule has 168 valence electrons. The van der Waals surface area contributed by atoms with Crippen molar-refractivity contribution in [2.75, 3.05) is 25.0 Å². The Morgan fingerprint density at radius 2 is 2.03 bits per heavy atom. The van der Waals surface area contributed by atoms with Crippen molar-refractivity contribution in [2.24, 2.45) is 5.92 Å². The van der Waals surface area contributed by atoms with Crippen molar-refractivity contribution < 1.29 is 13.9 Å². The first-order chi connectivity index (χ1) is 15.7. The molecule has 0 bridgehead atoms. The van der Waals surface area contributed by atoms with Crippen LogP contribution < -0.4 is 5.32 Å². The predicted molar refractivity (Wildman–Crippen MR) is 122 cm³/mol. The molecule has 1 atom stereocenters. The van der Waals surface area contributed by atoms with Gasteiger partial charge < -0.3 is 14.5 Å². The lowest BCUT2D eigenvalue weighted by molar-refractivity contribution is -0.121. The fourth-order valence-corrected chi connectivity index (χ4v) is 4.62. The van der Waals surface area contributed by atoms with Crippen LogP contribution in [0, 0.1) is 5.92 Å². The number of hydrogen-bond donors (Lipinski definition) is 2. The molecule has 7 heteroatoms. The van der Waals surface area contributed by atoms with E-state index in [9.17, 15) is 4.79 Å². The highest BCUT2D eigenvalue weighted by atomic mass is 16.5. The van der Waals surface area contributed by atoms with Crippen LogP contribution in [0.4, 0.5) is 5.69 Å². The van der Waals surface area contributed by atoms with E-state index in [1.165, 1.54) is 6.42 Å². The summed E-state index contributed by atoms with van der Waals surface area (Å²) in [5.74, 6) is 2.06. The summed E-state index contributed by atoms with van der Waals surface area (Å²) in [6, 6.07) is 13.9. The Kier molecular flexibility index (Phi) is 6.36. The molecule has 0 radical (unpaired) electrons. The number of aromatic amines is 1. The first-order valence-electron chi connectivity index (χ1n) is 11.6. The molecule has 4 heterocycles. The second kappa shape index (κ2) is 9.71. The number of benzene rings is 1. The molecule has 0 saturated carbocycles. The molecular formula is C25H30N4O3. The van der Waals surface area contributed by atoms with E-state index in [2.05, 4.69) is 32.5 Å². The molecule has 0 unspecified atom stereocenters. The Bertz CT molecular complexity index is 1020. The number of anilines is 1. The van der Waals surface area contributed by atoms with Crippen LogP contribution in [0.3, 0.4) is 0 Å². The largest absolute Gasteiger partial charge is 0.462 e. The van der Waals surface area contributed by atoms with Crippen LogP contribution in [0.2, 0.25) is 0 Å². The van der Waals surface area contributed by atoms with E-state index in [-0.39, 0.29) is 17.9 Å². The Morgan fingerprint density at radius 1 is 1.12 bits per heavy atom. The van der Waals surface area contributed by atoms with Gasteiger partial charge in [-0.15, -0.1) is 0 Å². The third-order valence-corrected chi connectivity index (χ3v) is 6.46. The molecule has 2 fully saturated rings. The van der Waals surface area contributed by atoms with E-state index in [0.717, 1.165) is 80.4 Å². The number of carbonyl (C=O) groups excluding carboxylic acids is 1. The van der Waals surface area contributed by atoms with E-state index < -0.39 is 0 Å². The second-order valence-corrected chi connectivity index (χ2v) is 8.75. The minimum Gasteiger partial charge on any atom is -0.462 e. The summed E-state index contributed by atoms with van der Waals surface area (Å²) in [6.45, 7) is 3.39. The van der Waals surface area contributed by atoms with Gasteiger partial charge in [-0.1, -0.05) is 12.1 Å². The second-order valence-electron chi connectivity index (χ2n) is 8.75. The van der Waals surface area contributed by atoms with Gasteiger partial charge in [-0.3, -0.25) is 14.8 Å². The van der Waals surface area contributed by atoms with Gasteiger partial charge in [0, 0.05) is 30.0 Å². The van der Waals surface area contributed by atoms with E-state index in [1.54, 1.807) is 6.20 Å². The van der Waals surface area contributed by atoms with Gasteiger partial charge in [0.15, 0.2) is 0 Å². The van der Waals surface area contributed by atoms with E-state index in [1.807, 2.05) is 30.3 Å². The maximum absolute atomic E-state index is 12.8. The average Bonchev–Trinajstić information content (AvgIpc) is 3.53. The molecule has 0 aliphatic carbocycles. The minimum atomic E-state index is 0.0323. The number of nitrogens with zero attached hydrogens (tertiary/aromatic N) is 2. The van der Waals surface area contributed by atoms with Crippen LogP contribution >= 0.6 is 0 Å². The minimum absolute atomic E-state index is 0.0323. The van der Waals surface area contributed by atoms with Crippen molar-refractivity contribution in [3.8, 4) is 11.3 Å². The lowest BCUT2D eigenvalue weighted by Crippen LogP contribution is -2.37. The summed E-state index contributed by atoms with van der Waals surface area (Å²) >= 11 is 0. The molecule has 2 aromatic heterocycles. The number of carbonyl (C=O) groups is 1. The summed E-state index contributed by atoms with van der Waals surface area (Å²) in [6.07, 6.45) is 6.92. The van der Waals surface area contributed by atoms with Gasteiger partial charge in [0.25, 0.3) is 0 Å². The van der Waals surface area contributed by atoms with Gasteiger partial charge in [-0.25, -0.2) is 0 Å². The summed E-state index contributed by atoms with van der Waals surface area (Å²) < 4.78 is 11.9. The third kappa shape index (κ3) is 4.95. The molecule has 5 rings (SSSR count). The molecule has 2 aliphatic heterocycles. The van der Waals surface area contributed by atoms with Crippen molar-refractivity contribution in [3.63, 3.8) is 0 Å². The number of furan rings is 1. The van der Waals surface area contributed by atoms with E-state index in [4.69, 9.17) is 9.15 Å². The van der Waals surface area contributed by atoms with Crippen LogP contribution in [0.15, 0.2) is 53.1 Å². The molecule has 1 aromatic carbocycles. The molecule has 32 heavy (non-hydrogen) atoms. The molecule has 3 aromatic rings. The van der Waals surface area contributed by atoms with Crippen molar-refractivity contribution in [2.45, 2.75) is 44.8 Å². The first-order valence-corrected chi connectivity index (χ1v) is 11.6. The highest BCUT2D eigenvalue weighted by Gasteiger charge is 2.26. The van der Waals surface area contributed by atoms with Crippen molar-refractivity contribution in [1.82, 2.24) is 15.1 Å². The molecule has 2 saturated heterocycles. The van der Waals surface area contributed by atoms with Gasteiger partial charge >= 0.3 is 0 Å². The van der Waals surface area contributed by atoms with Crippen LogP contribution in [0.1, 0.15) is 49.7 Å². The number of amides is 1. The lowest BCUT2D eigenvalue weighted by atomic mass is 9.95. The van der Waals surface area contributed by atoms with Gasteiger partial charge in [0.1, 0.15) is 17.6 Å². The van der Waals surface area contributed by atoms with Crippen LogP contribution in [-0.4, -0.2) is 40.7 Å². The monoisotopic (exact) mass is 434 g/mol. The average molecular weight is 435 g/mol. The van der Waals surface area contributed by atoms with E-state index >= 15 is 0 Å². The SMILES string of the molecule is O=C(Nc1cccc(-c2ccn[nH]2)c1)C1CCN(Cc2ccc([C@H]3CCCCO3)o2)CC1. The normalized spacial score (nSPS) is 20.3. The topological polar surface area (TPSA) is 83.4 Å². The predicted octanol–water partition coefficient (Wildman–Crippen LogP) is 4.76. The Balaban J connectivity index is 1.11. The summed E-state index contributed by atoms with van der Waals surface area (Å²) in [5.41, 5.74) is 2.76. The number of nitrogens with one attached hydrogen (secondary N) is 2. The zero-order valence-corrected chi connectivity index (χ0v) is 18.3. The van der Waals surface area contributed by atoms with Crippen LogP contribution in [-0.2, 0) is 16.1 Å². The lowest BCUT2D eigenvalue weighted by Gasteiger charge is -2.30. The number of rotatable bonds is 6. The first kappa shape index (κ1) is 21.0.